The highest BCUT2D eigenvalue weighted by atomic mass is 35.5. The Morgan fingerprint density at radius 2 is 2.09 bits per heavy atom. The summed E-state index contributed by atoms with van der Waals surface area (Å²) in [5, 5.41) is 10.9. The number of hydrogen-bond donors (Lipinski definition) is 3. The Bertz CT molecular complexity index is 916. The number of benzene rings is 1. The van der Waals surface area contributed by atoms with Crippen LogP contribution in [0.25, 0.3) is 0 Å². The maximum atomic E-state index is 12.7. The molecule has 1 aliphatic heterocycles. The van der Waals surface area contributed by atoms with Crippen LogP contribution in [0.15, 0.2) is 29.4 Å². The van der Waals surface area contributed by atoms with Crippen molar-refractivity contribution in [2.45, 2.75) is 11.7 Å². The predicted octanol–water partition coefficient (Wildman–Crippen LogP) is 0.923. The number of aromatic amines is 1. The standard InChI is InChI=1S/C12H13ClN6O2S2/c13-8-3-1-7(2-4-8)9-5-15-17-11(9)23(20,21)6-10-16-18-12(22)19(10)14/h1-4,9,15H,5-6,14H2,(H,18,22)/t9-/m1/s1. The van der Waals surface area contributed by atoms with Crippen LogP contribution in [-0.2, 0) is 15.6 Å². The van der Waals surface area contributed by atoms with E-state index in [1.54, 1.807) is 24.3 Å². The van der Waals surface area contributed by atoms with Crippen molar-refractivity contribution in [3.05, 3.63) is 45.4 Å². The van der Waals surface area contributed by atoms with Crippen molar-refractivity contribution in [1.29, 1.82) is 0 Å². The minimum absolute atomic E-state index is 0.0498. The maximum absolute atomic E-state index is 12.7. The van der Waals surface area contributed by atoms with Crippen molar-refractivity contribution in [3.63, 3.8) is 0 Å². The van der Waals surface area contributed by atoms with Gasteiger partial charge in [-0.2, -0.15) is 10.2 Å². The molecule has 0 saturated heterocycles. The zero-order valence-electron chi connectivity index (χ0n) is 11.7. The van der Waals surface area contributed by atoms with Crippen LogP contribution in [0.3, 0.4) is 0 Å². The summed E-state index contributed by atoms with van der Waals surface area (Å²) in [6, 6.07) is 6.99. The Morgan fingerprint density at radius 1 is 1.39 bits per heavy atom. The number of hydrogen-bond acceptors (Lipinski definition) is 7. The molecule has 2 aromatic rings. The average Bonchev–Trinajstić information content (AvgIpc) is 3.11. The SMILES string of the molecule is Nn1c(CS(=O)(=O)C2=NNC[C@@H]2c2ccc(Cl)cc2)n[nH]c1=S. The molecule has 11 heteroatoms. The van der Waals surface area contributed by atoms with Crippen LogP contribution in [0.1, 0.15) is 17.3 Å². The second-order valence-electron chi connectivity index (χ2n) is 4.99. The summed E-state index contributed by atoms with van der Waals surface area (Å²) in [5.74, 6) is 5.01. The van der Waals surface area contributed by atoms with Crippen LogP contribution in [0.2, 0.25) is 5.02 Å². The van der Waals surface area contributed by atoms with E-state index in [0.717, 1.165) is 10.2 Å². The zero-order valence-corrected chi connectivity index (χ0v) is 14.1. The van der Waals surface area contributed by atoms with E-state index in [-0.39, 0.29) is 27.3 Å². The van der Waals surface area contributed by atoms with E-state index in [9.17, 15) is 8.42 Å². The molecule has 1 aromatic carbocycles. The van der Waals surface area contributed by atoms with Crippen molar-refractivity contribution in [2.24, 2.45) is 5.10 Å². The molecule has 0 amide bonds. The predicted molar refractivity (Wildman–Crippen MR) is 89.8 cm³/mol. The lowest BCUT2D eigenvalue weighted by atomic mass is 10.0. The molecule has 2 heterocycles. The smallest absolute Gasteiger partial charge is 0.214 e. The first-order valence-electron chi connectivity index (χ1n) is 6.58. The van der Waals surface area contributed by atoms with Crippen molar-refractivity contribution in [1.82, 2.24) is 20.3 Å². The molecule has 0 saturated carbocycles. The largest absolute Gasteiger partial charge is 0.335 e. The Hall–Kier alpha value is -1.91. The monoisotopic (exact) mass is 372 g/mol. The zero-order chi connectivity index (χ0) is 16.6. The molecular weight excluding hydrogens is 360 g/mol. The minimum atomic E-state index is -3.70. The number of rotatable bonds is 3. The molecule has 122 valence electrons. The van der Waals surface area contributed by atoms with Gasteiger partial charge in [-0.1, -0.05) is 23.7 Å². The maximum Gasteiger partial charge on any atom is 0.214 e. The number of nitrogen functional groups attached to an aromatic ring is 1. The van der Waals surface area contributed by atoms with Gasteiger partial charge >= 0.3 is 0 Å². The molecule has 0 spiro atoms. The van der Waals surface area contributed by atoms with E-state index in [1.807, 2.05) is 0 Å². The Labute approximate surface area is 142 Å². The van der Waals surface area contributed by atoms with Crippen molar-refractivity contribution in [3.8, 4) is 0 Å². The topological polar surface area (TPSA) is 118 Å². The third kappa shape index (κ3) is 3.09. The summed E-state index contributed by atoms with van der Waals surface area (Å²) >= 11 is 10.7. The number of sulfone groups is 1. The Balaban J connectivity index is 1.91. The van der Waals surface area contributed by atoms with E-state index >= 15 is 0 Å². The van der Waals surface area contributed by atoms with Crippen molar-refractivity contribution >= 4 is 38.7 Å². The lowest BCUT2D eigenvalue weighted by Gasteiger charge is -2.12. The van der Waals surface area contributed by atoms with Crippen molar-refractivity contribution < 1.29 is 8.42 Å². The van der Waals surface area contributed by atoms with Gasteiger partial charge in [-0.15, -0.1) is 0 Å². The average molecular weight is 373 g/mol. The molecule has 0 radical (unpaired) electrons. The van der Waals surface area contributed by atoms with Gasteiger partial charge in [-0.3, -0.25) is 5.10 Å². The minimum Gasteiger partial charge on any atom is -0.335 e. The number of H-pyrrole nitrogens is 1. The number of nitrogens with zero attached hydrogens (tertiary/aromatic N) is 3. The third-order valence-electron chi connectivity index (χ3n) is 3.47. The summed E-state index contributed by atoms with van der Waals surface area (Å²) in [5.41, 5.74) is 3.55. The van der Waals surface area contributed by atoms with Gasteiger partial charge in [0, 0.05) is 11.6 Å². The number of nitrogens with one attached hydrogen (secondary N) is 2. The fourth-order valence-electron chi connectivity index (χ4n) is 2.30. The molecule has 1 atom stereocenters. The van der Waals surface area contributed by atoms with Gasteiger partial charge < -0.3 is 11.3 Å². The molecule has 0 bridgehead atoms. The highest BCUT2D eigenvalue weighted by Crippen LogP contribution is 2.26. The van der Waals surface area contributed by atoms with E-state index in [0.29, 0.717) is 11.6 Å². The van der Waals surface area contributed by atoms with Gasteiger partial charge in [0.2, 0.25) is 14.6 Å². The normalized spacial score (nSPS) is 17.8. The summed E-state index contributed by atoms with van der Waals surface area (Å²) in [6.07, 6.45) is 0. The Morgan fingerprint density at radius 3 is 2.70 bits per heavy atom. The van der Waals surface area contributed by atoms with E-state index in [2.05, 4.69) is 20.7 Å². The first kappa shape index (κ1) is 16.0. The summed E-state index contributed by atoms with van der Waals surface area (Å²) < 4.78 is 26.5. The van der Waals surface area contributed by atoms with E-state index in [4.69, 9.17) is 29.7 Å². The molecule has 1 aromatic heterocycles. The number of aromatic nitrogens is 3. The molecule has 8 nitrogen and oxygen atoms in total. The van der Waals surface area contributed by atoms with Gasteiger partial charge in [0.25, 0.3) is 0 Å². The fourth-order valence-corrected chi connectivity index (χ4v) is 4.13. The second kappa shape index (κ2) is 5.95. The van der Waals surface area contributed by atoms with Gasteiger partial charge in [-0.25, -0.2) is 13.1 Å². The molecule has 23 heavy (non-hydrogen) atoms. The molecule has 3 rings (SSSR count). The summed E-state index contributed by atoms with van der Waals surface area (Å²) in [7, 11) is -3.70. The van der Waals surface area contributed by atoms with Crippen LogP contribution in [-0.4, -0.2) is 34.9 Å². The van der Waals surface area contributed by atoms with Crippen molar-refractivity contribution in [2.75, 3.05) is 12.4 Å². The number of nitrogens with two attached hydrogens (primary N) is 1. The van der Waals surface area contributed by atoms with Crippen LogP contribution in [0.5, 0.6) is 0 Å². The highest BCUT2D eigenvalue weighted by Gasteiger charge is 2.34. The molecule has 0 fully saturated rings. The summed E-state index contributed by atoms with van der Waals surface area (Å²) in [6.45, 7) is 0.395. The Kier molecular flexibility index (Phi) is 4.13. The van der Waals surface area contributed by atoms with Crippen LogP contribution >= 0.6 is 23.8 Å². The lowest BCUT2D eigenvalue weighted by Crippen LogP contribution is -2.25. The van der Waals surface area contributed by atoms with Crippen LogP contribution in [0, 0.1) is 4.77 Å². The van der Waals surface area contributed by atoms with Crippen LogP contribution in [0.4, 0.5) is 0 Å². The van der Waals surface area contributed by atoms with E-state index < -0.39 is 9.84 Å². The fraction of sp³-hybridized carbons (Fsp3) is 0.250. The quantitative estimate of drug-likeness (QED) is 0.544. The molecular formula is C12H13ClN6O2S2. The van der Waals surface area contributed by atoms with Crippen LogP contribution < -0.4 is 11.3 Å². The van der Waals surface area contributed by atoms with Gasteiger partial charge in [0.1, 0.15) is 5.75 Å². The molecule has 0 unspecified atom stereocenters. The van der Waals surface area contributed by atoms with Gasteiger partial charge in [0.05, 0.1) is 5.92 Å². The van der Waals surface area contributed by atoms with Gasteiger partial charge in [-0.05, 0) is 29.9 Å². The third-order valence-corrected chi connectivity index (χ3v) is 5.66. The molecule has 4 N–H and O–H groups in total. The first-order valence-corrected chi connectivity index (χ1v) is 9.02. The summed E-state index contributed by atoms with van der Waals surface area (Å²) in [4.78, 5) is 0. The highest BCUT2D eigenvalue weighted by molar-refractivity contribution is 8.05. The van der Waals surface area contributed by atoms with E-state index in [1.165, 1.54) is 0 Å². The lowest BCUT2D eigenvalue weighted by molar-refractivity contribution is 0.603. The second-order valence-corrected chi connectivity index (χ2v) is 7.75. The number of halogens is 1. The molecule has 1 aliphatic rings. The molecule has 0 aliphatic carbocycles. The van der Waals surface area contributed by atoms with Gasteiger partial charge in [0.15, 0.2) is 10.9 Å². The number of hydrazone groups is 1. The first-order chi connectivity index (χ1) is 10.9.